The van der Waals surface area contributed by atoms with Crippen LogP contribution in [-0.2, 0) is 5.60 Å². The van der Waals surface area contributed by atoms with Crippen molar-refractivity contribution < 1.29 is 5.11 Å². The van der Waals surface area contributed by atoms with E-state index in [9.17, 15) is 5.11 Å². The highest BCUT2D eigenvalue weighted by Crippen LogP contribution is 2.81. The summed E-state index contributed by atoms with van der Waals surface area (Å²) in [5.41, 5.74) is 3.19. The molecule has 4 atom stereocenters. The molecule has 4 fully saturated rings. The molecule has 0 aromatic heterocycles. The molecule has 0 radical (unpaired) electrons. The second-order valence-corrected chi connectivity index (χ2v) is 9.50. The van der Waals surface area contributed by atoms with Gasteiger partial charge in [-0.05, 0) is 90.0 Å². The van der Waals surface area contributed by atoms with Gasteiger partial charge in [0.1, 0.15) is 0 Å². The molecule has 4 unspecified atom stereocenters. The fourth-order valence-corrected chi connectivity index (χ4v) is 7.75. The van der Waals surface area contributed by atoms with E-state index in [0.29, 0.717) is 17.3 Å². The number of aliphatic hydroxyl groups is 1. The van der Waals surface area contributed by atoms with Crippen molar-refractivity contribution in [3.63, 3.8) is 0 Å². The first kappa shape index (κ1) is 14.8. The molecule has 0 heterocycles. The molecule has 4 saturated carbocycles. The van der Waals surface area contributed by atoms with Crippen LogP contribution in [0.3, 0.4) is 0 Å². The Morgan fingerprint density at radius 1 is 0.880 bits per heavy atom. The molecule has 25 heavy (non-hydrogen) atoms. The van der Waals surface area contributed by atoms with Gasteiger partial charge in [0.15, 0.2) is 0 Å². The van der Waals surface area contributed by atoms with Gasteiger partial charge in [-0.1, -0.05) is 48.0 Å². The molecule has 1 spiro atoms. The lowest BCUT2D eigenvalue weighted by Gasteiger charge is -2.62. The molecule has 2 heteroatoms. The third-order valence-corrected chi connectivity index (χ3v) is 8.33. The summed E-state index contributed by atoms with van der Waals surface area (Å²) in [7, 11) is 0. The molecular formula is C23H23ClO. The van der Waals surface area contributed by atoms with Crippen LogP contribution in [0.4, 0.5) is 0 Å². The van der Waals surface area contributed by atoms with E-state index in [1.54, 1.807) is 0 Å². The number of halogens is 1. The first-order chi connectivity index (χ1) is 12.1. The van der Waals surface area contributed by atoms with E-state index in [1.807, 2.05) is 12.1 Å². The Morgan fingerprint density at radius 3 is 2.24 bits per heavy atom. The summed E-state index contributed by atoms with van der Waals surface area (Å²) in [6.45, 7) is 0. The highest BCUT2D eigenvalue weighted by Gasteiger charge is 2.78. The SMILES string of the molecule is OC1(c2cc(Cl)ccc2-c2ccccc2)C2CC3CC4CC1C2(C3)C4. The number of hydrogen-bond acceptors (Lipinski definition) is 1. The van der Waals surface area contributed by atoms with Gasteiger partial charge < -0.3 is 5.11 Å². The lowest BCUT2D eigenvalue weighted by atomic mass is 9.44. The van der Waals surface area contributed by atoms with Crippen LogP contribution in [0, 0.1) is 29.1 Å². The van der Waals surface area contributed by atoms with Crippen molar-refractivity contribution in [1.29, 1.82) is 0 Å². The third kappa shape index (κ3) is 1.70. The van der Waals surface area contributed by atoms with E-state index >= 15 is 0 Å². The Labute approximate surface area is 154 Å². The van der Waals surface area contributed by atoms with Crippen molar-refractivity contribution >= 4 is 11.6 Å². The summed E-state index contributed by atoms with van der Waals surface area (Å²) in [6.07, 6.45) is 6.56. The minimum atomic E-state index is -0.681. The van der Waals surface area contributed by atoms with Crippen molar-refractivity contribution in [1.82, 2.24) is 0 Å². The maximum atomic E-state index is 12.1. The minimum Gasteiger partial charge on any atom is -0.385 e. The van der Waals surface area contributed by atoms with Gasteiger partial charge >= 0.3 is 0 Å². The maximum absolute atomic E-state index is 12.1. The van der Waals surface area contributed by atoms with Crippen molar-refractivity contribution in [2.75, 3.05) is 0 Å². The molecular weight excluding hydrogens is 328 g/mol. The van der Waals surface area contributed by atoms with Gasteiger partial charge in [0, 0.05) is 5.02 Å². The zero-order valence-electron chi connectivity index (χ0n) is 14.3. The molecule has 4 aliphatic rings. The van der Waals surface area contributed by atoms with E-state index in [4.69, 9.17) is 11.6 Å². The number of hydrogen-bond donors (Lipinski definition) is 1. The molecule has 0 saturated heterocycles. The topological polar surface area (TPSA) is 20.2 Å². The zero-order valence-corrected chi connectivity index (χ0v) is 15.0. The summed E-state index contributed by atoms with van der Waals surface area (Å²) >= 11 is 6.40. The van der Waals surface area contributed by atoms with Crippen LogP contribution in [0.5, 0.6) is 0 Å². The van der Waals surface area contributed by atoms with Crippen LogP contribution in [0.25, 0.3) is 11.1 Å². The van der Waals surface area contributed by atoms with Crippen molar-refractivity contribution in [3.05, 3.63) is 59.1 Å². The van der Waals surface area contributed by atoms with E-state index in [1.165, 1.54) is 37.7 Å². The molecule has 3 bridgehead atoms. The Morgan fingerprint density at radius 2 is 1.56 bits per heavy atom. The van der Waals surface area contributed by atoms with Crippen LogP contribution in [0.2, 0.25) is 5.02 Å². The predicted octanol–water partition coefficient (Wildman–Crippen LogP) is 5.65. The van der Waals surface area contributed by atoms with Gasteiger partial charge in [-0.2, -0.15) is 0 Å². The molecule has 0 amide bonds. The second-order valence-electron chi connectivity index (χ2n) is 9.07. The number of rotatable bonds is 2. The molecule has 0 aliphatic heterocycles. The first-order valence-corrected chi connectivity index (χ1v) is 10.1. The fourth-order valence-electron chi connectivity index (χ4n) is 7.58. The summed E-state index contributed by atoms with van der Waals surface area (Å²) < 4.78 is 0. The first-order valence-electron chi connectivity index (χ1n) is 9.69. The summed E-state index contributed by atoms with van der Waals surface area (Å²) in [5, 5.41) is 12.8. The second kappa shape index (κ2) is 4.69. The Balaban J connectivity index is 1.54. The summed E-state index contributed by atoms with van der Waals surface area (Å²) in [4.78, 5) is 0. The lowest BCUT2D eigenvalue weighted by molar-refractivity contribution is -0.235. The Hall–Kier alpha value is -1.31. The zero-order chi connectivity index (χ0) is 16.8. The van der Waals surface area contributed by atoms with E-state index in [2.05, 4.69) is 36.4 Å². The van der Waals surface area contributed by atoms with Crippen LogP contribution in [0.15, 0.2) is 48.5 Å². The van der Waals surface area contributed by atoms with Gasteiger partial charge in [0.25, 0.3) is 0 Å². The number of benzene rings is 2. The van der Waals surface area contributed by atoms with Crippen molar-refractivity contribution in [2.24, 2.45) is 29.1 Å². The van der Waals surface area contributed by atoms with Crippen LogP contribution in [0.1, 0.15) is 37.7 Å². The monoisotopic (exact) mass is 350 g/mol. The Kier molecular flexibility index (Phi) is 2.78. The third-order valence-electron chi connectivity index (χ3n) is 8.09. The van der Waals surface area contributed by atoms with E-state index < -0.39 is 5.60 Å². The molecule has 6 rings (SSSR count). The van der Waals surface area contributed by atoms with E-state index in [-0.39, 0.29) is 0 Å². The quantitative estimate of drug-likeness (QED) is 0.741. The maximum Gasteiger partial charge on any atom is 0.0970 e. The van der Waals surface area contributed by atoms with Gasteiger partial charge in [-0.25, -0.2) is 0 Å². The molecule has 2 aromatic rings. The molecule has 4 aliphatic carbocycles. The van der Waals surface area contributed by atoms with Gasteiger partial charge in [0.05, 0.1) is 5.60 Å². The van der Waals surface area contributed by atoms with Gasteiger partial charge in [0.2, 0.25) is 0 Å². The largest absolute Gasteiger partial charge is 0.385 e. The lowest BCUT2D eigenvalue weighted by Crippen LogP contribution is -2.63. The summed E-state index contributed by atoms with van der Waals surface area (Å²) in [6, 6.07) is 16.6. The smallest absolute Gasteiger partial charge is 0.0970 e. The van der Waals surface area contributed by atoms with Gasteiger partial charge in [-0.15, -0.1) is 0 Å². The molecule has 1 N–H and O–H groups in total. The normalized spacial score (nSPS) is 43.1. The van der Waals surface area contributed by atoms with Crippen LogP contribution < -0.4 is 0 Å². The highest BCUT2D eigenvalue weighted by atomic mass is 35.5. The number of fused-ring (bicyclic) bond motifs is 2. The molecule has 128 valence electrons. The average Bonchev–Trinajstić information content (AvgIpc) is 3.03. The average molecular weight is 351 g/mol. The van der Waals surface area contributed by atoms with Crippen LogP contribution >= 0.6 is 11.6 Å². The summed E-state index contributed by atoms with van der Waals surface area (Å²) in [5.74, 6) is 2.57. The standard InChI is InChI=1S/C23H23ClO/c24-17-6-7-18(16-4-2-1-3-5-16)19(11-17)23(25)20-9-14-8-15-10-21(23)22(20,12-14)13-15/h1-7,11,14-15,20-21,25H,8-10,12-13H2. The van der Waals surface area contributed by atoms with Crippen molar-refractivity contribution in [3.8, 4) is 11.1 Å². The predicted molar refractivity (Wildman–Crippen MR) is 100 cm³/mol. The van der Waals surface area contributed by atoms with Crippen molar-refractivity contribution in [2.45, 2.75) is 37.7 Å². The minimum absolute atomic E-state index is 0.434. The van der Waals surface area contributed by atoms with E-state index in [0.717, 1.165) is 28.0 Å². The molecule has 1 nitrogen and oxygen atoms in total. The highest BCUT2D eigenvalue weighted by molar-refractivity contribution is 6.30. The van der Waals surface area contributed by atoms with Gasteiger partial charge in [-0.3, -0.25) is 0 Å². The molecule has 2 aromatic carbocycles. The Bertz CT molecular complexity index is 834. The van der Waals surface area contributed by atoms with Crippen LogP contribution in [-0.4, -0.2) is 5.11 Å². The fraction of sp³-hybridized carbons (Fsp3) is 0.478.